The van der Waals surface area contributed by atoms with E-state index in [0.717, 1.165) is 23.6 Å². The molecule has 0 aliphatic carbocycles. The van der Waals surface area contributed by atoms with Crippen molar-refractivity contribution in [3.63, 3.8) is 0 Å². The first-order valence-corrected chi connectivity index (χ1v) is 11.1. The number of non-ortho nitro benzene ring substituents is 1. The molecule has 1 heterocycles. The number of anilines is 1. The highest BCUT2D eigenvalue weighted by Gasteiger charge is 2.13. The van der Waals surface area contributed by atoms with Gasteiger partial charge in [0.15, 0.2) is 5.16 Å². The zero-order chi connectivity index (χ0) is 23.1. The lowest BCUT2D eigenvalue weighted by Gasteiger charge is -2.09. The molecule has 0 radical (unpaired) electrons. The van der Waals surface area contributed by atoms with Crippen molar-refractivity contribution in [1.82, 2.24) is 14.8 Å². The Hall–Kier alpha value is -3.11. The SMILES string of the molecule is Cc1cc(Cl)ccc1OCCCc1nnc(SCC(=O)Nc2cccc([N+](=O)[O-])c2)n1C. The number of hydrogen-bond donors (Lipinski definition) is 1. The van der Waals surface area contributed by atoms with Gasteiger partial charge in [-0.25, -0.2) is 0 Å². The number of rotatable bonds is 10. The minimum atomic E-state index is -0.507. The number of carbonyl (C=O) groups is 1. The predicted molar refractivity (Wildman–Crippen MR) is 123 cm³/mol. The molecule has 9 nitrogen and oxygen atoms in total. The molecular weight excluding hydrogens is 454 g/mol. The molecule has 1 amide bonds. The van der Waals surface area contributed by atoms with Gasteiger partial charge in [0.05, 0.1) is 17.3 Å². The summed E-state index contributed by atoms with van der Waals surface area (Å²) in [6.07, 6.45) is 1.43. The maximum atomic E-state index is 12.2. The molecule has 168 valence electrons. The molecule has 0 bridgehead atoms. The van der Waals surface area contributed by atoms with Crippen LogP contribution in [0.1, 0.15) is 17.8 Å². The normalized spacial score (nSPS) is 10.7. The van der Waals surface area contributed by atoms with Crippen LogP contribution in [0.2, 0.25) is 5.02 Å². The average molecular weight is 476 g/mol. The van der Waals surface area contributed by atoms with Crippen molar-refractivity contribution >= 4 is 40.6 Å². The lowest BCUT2D eigenvalue weighted by molar-refractivity contribution is -0.384. The lowest BCUT2D eigenvalue weighted by Crippen LogP contribution is -2.14. The Morgan fingerprint density at radius 2 is 2.09 bits per heavy atom. The molecule has 0 saturated carbocycles. The van der Waals surface area contributed by atoms with Gasteiger partial charge in [0.2, 0.25) is 5.91 Å². The van der Waals surface area contributed by atoms with Crippen LogP contribution < -0.4 is 10.1 Å². The number of amides is 1. The zero-order valence-electron chi connectivity index (χ0n) is 17.6. The molecule has 2 aromatic carbocycles. The van der Waals surface area contributed by atoms with E-state index in [1.165, 1.54) is 30.0 Å². The van der Waals surface area contributed by atoms with E-state index in [2.05, 4.69) is 15.5 Å². The van der Waals surface area contributed by atoms with Crippen LogP contribution in [-0.4, -0.2) is 38.0 Å². The van der Waals surface area contributed by atoms with Crippen LogP contribution in [-0.2, 0) is 18.3 Å². The summed E-state index contributed by atoms with van der Waals surface area (Å²) in [4.78, 5) is 22.5. The molecule has 0 saturated heterocycles. The van der Waals surface area contributed by atoms with Crippen LogP contribution in [0.15, 0.2) is 47.6 Å². The van der Waals surface area contributed by atoms with Crippen molar-refractivity contribution in [3.05, 3.63) is 69.0 Å². The van der Waals surface area contributed by atoms with Crippen LogP contribution in [0.25, 0.3) is 0 Å². The molecule has 1 N–H and O–H groups in total. The van der Waals surface area contributed by atoms with E-state index in [1.807, 2.05) is 30.7 Å². The summed E-state index contributed by atoms with van der Waals surface area (Å²) in [5, 5.41) is 23.1. The van der Waals surface area contributed by atoms with Gasteiger partial charge in [-0.05, 0) is 43.2 Å². The summed E-state index contributed by atoms with van der Waals surface area (Å²) < 4.78 is 7.65. The van der Waals surface area contributed by atoms with Crippen LogP contribution in [0.4, 0.5) is 11.4 Å². The van der Waals surface area contributed by atoms with E-state index in [9.17, 15) is 14.9 Å². The fourth-order valence-corrected chi connectivity index (χ4v) is 3.86. The molecular formula is C21H22ClN5O4S. The largest absolute Gasteiger partial charge is 0.493 e. The number of nitrogens with one attached hydrogen (secondary N) is 1. The molecule has 32 heavy (non-hydrogen) atoms. The van der Waals surface area contributed by atoms with Crippen molar-refractivity contribution in [2.45, 2.75) is 24.9 Å². The summed E-state index contributed by atoms with van der Waals surface area (Å²) in [5.74, 6) is 1.42. The minimum Gasteiger partial charge on any atom is -0.493 e. The molecule has 3 aromatic rings. The third-order valence-corrected chi connectivity index (χ3v) is 5.79. The van der Waals surface area contributed by atoms with Gasteiger partial charge in [-0.3, -0.25) is 14.9 Å². The van der Waals surface area contributed by atoms with E-state index in [4.69, 9.17) is 16.3 Å². The van der Waals surface area contributed by atoms with E-state index in [-0.39, 0.29) is 17.3 Å². The maximum absolute atomic E-state index is 12.2. The fraction of sp³-hybridized carbons (Fsp3) is 0.286. The Balaban J connectivity index is 1.45. The second kappa shape index (κ2) is 11.0. The summed E-state index contributed by atoms with van der Waals surface area (Å²) in [5.41, 5.74) is 1.28. The lowest BCUT2D eigenvalue weighted by atomic mass is 10.2. The highest BCUT2D eigenvalue weighted by molar-refractivity contribution is 7.99. The number of halogens is 1. The van der Waals surface area contributed by atoms with Gasteiger partial charge in [-0.1, -0.05) is 29.4 Å². The fourth-order valence-electron chi connectivity index (χ4n) is 2.90. The van der Waals surface area contributed by atoms with Crippen LogP contribution in [0, 0.1) is 17.0 Å². The first-order valence-electron chi connectivity index (χ1n) is 9.78. The van der Waals surface area contributed by atoms with E-state index in [0.29, 0.717) is 28.9 Å². The topological polar surface area (TPSA) is 112 Å². The molecule has 1 aromatic heterocycles. The summed E-state index contributed by atoms with van der Waals surface area (Å²) in [6, 6.07) is 11.3. The molecule has 0 aliphatic rings. The second-order valence-corrected chi connectivity index (χ2v) is 8.34. The van der Waals surface area contributed by atoms with Crippen molar-refractivity contribution in [2.24, 2.45) is 7.05 Å². The summed E-state index contributed by atoms with van der Waals surface area (Å²) >= 11 is 7.20. The molecule has 0 spiro atoms. The molecule has 0 fully saturated rings. The Kier molecular flexibility index (Phi) is 8.07. The van der Waals surface area contributed by atoms with Crippen LogP contribution in [0.3, 0.4) is 0 Å². The van der Waals surface area contributed by atoms with Gasteiger partial charge in [-0.2, -0.15) is 0 Å². The van der Waals surface area contributed by atoms with Gasteiger partial charge in [0.1, 0.15) is 11.6 Å². The highest BCUT2D eigenvalue weighted by Crippen LogP contribution is 2.22. The minimum absolute atomic E-state index is 0.0800. The second-order valence-electron chi connectivity index (χ2n) is 6.96. The van der Waals surface area contributed by atoms with Gasteiger partial charge in [0, 0.05) is 36.3 Å². The number of nitro benzene ring substituents is 1. The molecule has 0 unspecified atom stereocenters. The predicted octanol–water partition coefficient (Wildman–Crippen LogP) is 4.43. The van der Waals surface area contributed by atoms with Gasteiger partial charge in [0.25, 0.3) is 5.69 Å². The van der Waals surface area contributed by atoms with Crippen molar-refractivity contribution in [1.29, 1.82) is 0 Å². The van der Waals surface area contributed by atoms with E-state index >= 15 is 0 Å². The smallest absolute Gasteiger partial charge is 0.271 e. The average Bonchev–Trinajstić information content (AvgIpc) is 3.10. The third-order valence-electron chi connectivity index (χ3n) is 4.54. The first kappa shape index (κ1) is 23.6. The Bertz CT molecular complexity index is 1120. The van der Waals surface area contributed by atoms with Gasteiger partial charge in [-0.15, -0.1) is 10.2 Å². The summed E-state index contributed by atoms with van der Waals surface area (Å²) in [7, 11) is 1.85. The van der Waals surface area contributed by atoms with Crippen molar-refractivity contribution < 1.29 is 14.5 Å². The number of hydrogen-bond acceptors (Lipinski definition) is 7. The standard InChI is InChI=1S/C21H22ClN5O4S/c1-14-11-15(22)8-9-18(14)31-10-4-7-19-24-25-21(26(19)2)32-13-20(28)23-16-5-3-6-17(12-16)27(29)30/h3,5-6,8-9,11-12H,4,7,10,13H2,1-2H3,(H,23,28). The molecule has 3 rings (SSSR count). The van der Waals surface area contributed by atoms with Gasteiger partial charge < -0.3 is 14.6 Å². The maximum Gasteiger partial charge on any atom is 0.271 e. The number of nitro groups is 1. The van der Waals surface area contributed by atoms with Gasteiger partial charge >= 0.3 is 0 Å². The molecule has 0 atom stereocenters. The number of benzene rings is 2. The first-order chi connectivity index (χ1) is 15.3. The number of ether oxygens (including phenoxy) is 1. The number of aromatic nitrogens is 3. The number of aryl methyl sites for hydroxylation is 2. The number of nitrogens with zero attached hydrogens (tertiary/aromatic N) is 4. The number of thioether (sulfide) groups is 1. The molecule has 11 heteroatoms. The Labute approximate surface area is 194 Å². The van der Waals surface area contributed by atoms with E-state index < -0.39 is 4.92 Å². The Morgan fingerprint density at radius 3 is 2.84 bits per heavy atom. The third kappa shape index (κ3) is 6.44. The Morgan fingerprint density at radius 1 is 1.28 bits per heavy atom. The van der Waals surface area contributed by atoms with E-state index in [1.54, 1.807) is 12.1 Å². The molecule has 0 aliphatic heterocycles. The van der Waals surface area contributed by atoms with Crippen molar-refractivity contribution in [2.75, 3.05) is 17.7 Å². The summed E-state index contributed by atoms with van der Waals surface area (Å²) in [6.45, 7) is 2.48. The van der Waals surface area contributed by atoms with Crippen LogP contribution >= 0.6 is 23.4 Å². The number of carbonyl (C=O) groups excluding carboxylic acids is 1. The monoisotopic (exact) mass is 475 g/mol. The highest BCUT2D eigenvalue weighted by atomic mass is 35.5. The van der Waals surface area contributed by atoms with Crippen LogP contribution in [0.5, 0.6) is 5.75 Å². The van der Waals surface area contributed by atoms with Crippen molar-refractivity contribution in [3.8, 4) is 5.75 Å². The zero-order valence-corrected chi connectivity index (χ0v) is 19.2. The quantitative estimate of drug-likeness (QED) is 0.200.